The second kappa shape index (κ2) is 9.02. The minimum atomic E-state index is -0.644. The Balaban J connectivity index is 1.51. The third kappa shape index (κ3) is 3.77. The molecule has 2 amide bonds. The van der Waals surface area contributed by atoms with Crippen LogP contribution in [-0.2, 0) is 16.0 Å². The first-order valence-electron chi connectivity index (χ1n) is 11.2. The summed E-state index contributed by atoms with van der Waals surface area (Å²) in [7, 11) is 3.23. The zero-order chi connectivity index (χ0) is 23.8. The molecule has 2 unspecified atom stereocenters. The molecule has 8 heteroatoms. The van der Waals surface area contributed by atoms with Gasteiger partial charge in [-0.05, 0) is 60.2 Å². The smallest absolute Gasteiger partial charge is 0.268 e. The van der Waals surface area contributed by atoms with Crippen molar-refractivity contribution in [1.82, 2.24) is 4.90 Å². The van der Waals surface area contributed by atoms with Crippen LogP contribution >= 0.6 is 11.3 Å². The van der Waals surface area contributed by atoms with Crippen LogP contribution in [0.4, 0.5) is 5.69 Å². The Hall–Kier alpha value is -3.52. The predicted octanol–water partition coefficient (Wildman–Crippen LogP) is 4.05. The van der Waals surface area contributed by atoms with Crippen molar-refractivity contribution in [3.05, 3.63) is 69.9 Å². The average molecular weight is 479 g/mol. The summed E-state index contributed by atoms with van der Waals surface area (Å²) in [5.41, 5.74) is 2.76. The summed E-state index contributed by atoms with van der Waals surface area (Å²) in [6, 6.07) is 15.1. The molecule has 2 aliphatic heterocycles. The van der Waals surface area contributed by atoms with Crippen molar-refractivity contribution in [2.45, 2.75) is 25.5 Å². The standard InChI is InChI=1S/C26H26N2O5S/c1-16-26(30)28(19-7-4-5-8-20(19)33-16)15-24(29)27-11-10-17-13-21(31-2)22(32-3)14-18(17)25(27)23-9-6-12-34-23/h4-9,12-14,16,25H,10-11,15H2,1-3H3. The molecule has 2 aliphatic rings. The van der Waals surface area contributed by atoms with Crippen molar-refractivity contribution in [3.63, 3.8) is 0 Å². The normalized spacial score (nSPS) is 19.2. The molecule has 0 spiro atoms. The lowest BCUT2D eigenvalue weighted by atomic mass is 9.90. The zero-order valence-electron chi connectivity index (χ0n) is 19.3. The van der Waals surface area contributed by atoms with E-state index in [-0.39, 0.29) is 24.4 Å². The highest BCUT2D eigenvalue weighted by Gasteiger charge is 2.38. The maximum Gasteiger partial charge on any atom is 0.268 e. The molecule has 2 aromatic carbocycles. The second-order valence-corrected chi connectivity index (χ2v) is 9.29. The number of para-hydroxylation sites is 2. The molecule has 0 fully saturated rings. The number of carbonyl (C=O) groups is 2. The van der Waals surface area contributed by atoms with Gasteiger partial charge in [0, 0.05) is 11.4 Å². The van der Waals surface area contributed by atoms with E-state index in [4.69, 9.17) is 14.2 Å². The lowest BCUT2D eigenvalue weighted by Crippen LogP contribution is -2.51. The number of benzene rings is 2. The molecule has 1 aromatic heterocycles. The Morgan fingerprint density at radius 3 is 2.62 bits per heavy atom. The SMILES string of the molecule is COc1cc2c(cc1OC)C(c1cccs1)N(C(=O)CN1C(=O)C(C)Oc3ccccc31)CC2. The van der Waals surface area contributed by atoms with Gasteiger partial charge in [-0.15, -0.1) is 11.3 Å². The number of thiophene rings is 1. The van der Waals surface area contributed by atoms with Crippen molar-refractivity contribution in [1.29, 1.82) is 0 Å². The number of nitrogens with zero attached hydrogens (tertiary/aromatic N) is 2. The maximum absolute atomic E-state index is 13.8. The largest absolute Gasteiger partial charge is 0.493 e. The molecule has 0 aliphatic carbocycles. The maximum atomic E-state index is 13.8. The highest BCUT2D eigenvalue weighted by Crippen LogP contribution is 2.42. The molecule has 5 rings (SSSR count). The summed E-state index contributed by atoms with van der Waals surface area (Å²) in [4.78, 5) is 31.2. The number of hydrogen-bond donors (Lipinski definition) is 0. The first kappa shape index (κ1) is 22.3. The topological polar surface area (TPSA) is 68.3 Å². The third-order valence-electron chi connectivity index (χ3n) is 6.37. The Bertz CT molecular complexity index is 1230. The van der Waals surface area contributed by atoms with E-state index in [2.05, 4.69) is 0 Å². The van der Waals surface area contributed by atoms with Crippen LogP contribution in [0.15, 0.2) is 53.9 Å². The summed E-state index contributed by atoms with van der Waals surface area (Å²) in [5, 5.41) is 2.01. The van der Waals surface area contributed by atoms with Crippen molar-refractivity contribution in [2.24, 2.45) is 0 Å². The molecule has 2 atom stereocenters. The molecule has 0 saturated carbocycles. The number of amides is 2. The van der Waals surface area contributed by atoms with Gasteiger partial charge >= 0.3 is 0 Å². The van der Waals surface area contributed by atoms with E-state index in [1.165, 1.54) is 0 Å². The summed E-state index contributed by atoms with van der Waals surface area (Å²) in [6.45, 7) is 2.20. The highest BCUT2D eigenvalue weighted by molar-refractivity contribution is 7.10. The van der Waals surface area contributed by atoms with E-state index in [9.17, 15) is 9.59 Å². The number of fused-ring (bicyclic) bond motifs is 2. The second-order valence-electron chi connectivity index (χ2n) is 8.31. The molecular weight excluding hydrogens is 452 g/mol. The summed E-state index contributed by atoms with van der Waals surface area (Å²) in [6.07, 6.45) is 0.0440. The quantitative estimate of drug-likeness (QED) is 0.553. The predicted molar refractivity (Wildman–Crippen MR) is 130 cm³/mol. The van der Waals surface area contributed by atoms with E-state index in [1.807, 2.05) is 58.8 Å². The minimum absolute atomic E-state index is 0.0476. The molecule has 0 radical (unpaired) electrons. The Labute approximate surface area is 202 Å². The van der Waals surface area contributed by atoms with Crippen LogP contribution in [0.25, 0.3) is 0 Å². The Morgan fingerprint density at radius 2 is 1.88 bits per heavy atom. The first-order chi connectivity index (χ1) is 16.5. The number of hydrogen-bond acceptors (Lipinski definition) is 6. The van der Waals surface area contributed by atoms with Gasteiger partial charge < -0.3 is 19.1 Å². The number of anilines is 1. The summed E-state index contributed by atoms with van der Waals surface area (Å²) in [5.74, 6) is 1.58. The van der Waals surface area contributed by atoms with Crippen molar-refractivity contribution in [2.75, 3.05) is 32.2 Å². The number of ether oxygens (including phenoxy) is 3. The van der Waals surface area contributed by atoms with Gasteiger partial charge in [-0.2, -0.15) is 0 Å². The fourth-order valence-electron chi connectivity index (χ4n) is 4.72. The van der Waals surface area contributed by atoms with E-state index in [1.54, 1.807) is 37.4 Å². The van der Waals surface area contributed by atoms with Gasteiger partial charge in [-0.25, -0.2) is 0 Å². The molecule has 0 saturated heterocycles. The van der Waals surface area contributed by atoms with Crippen LogP contribution < -0.4 is 19.1 Å². The van der Waals surface area contributed by atoms with E-state index in [0.717, 1.165) is 16.0 Å². The fraction of sp³-hybridized carbons (Fsp3) is 0.308. The average Bonchev–Trinajstić information content (AvgIpc) is 3.39. The van der Waals surface area contributed by atoms with Crippen LogP contribution in [0.2, 0.25) is 0 Å². The number of rotatable bonds is 5. The van der Waals surface area contributed by atoms with Gasteiger partial charge in [0.05, 0.1) is 25.9 Å². The first-order valence-corrected chi connectivity index (χ1v) is 12.0. The van der Waals surface area contributed by atoms with Gasteiger partial charge in [0.2, 0.25) is 5.91 Å². The zero-order valence-corrected chi connectivity index (χ0v) is 20.1. The van der Waals surface area contributed by atoms with Crippen LogP contribution in [0.5, 0.6) is 17.2 Å². The highest BCUT2D eigenvalue weighted by atomic mass is 32.1. The van der Waals surface area contributed by atoms with Crippen LogP contribution in [0, 0.1) is 0 Å². The van der Waals surface area contributed by atoms with Gasteiger partial charge in [-0.1, -0.05) is 18.2 Å². The molecule has 176 valence electrons. The summed E-state index contributed by atoms with van der Waals surface area (Å²) < 4.78 is 16.8. The van der Waals surface area contributed by atoms with E-state index >= 15 is 0 Å². The molecule has 0 bridgehead atoms. The Kier molecular flexibility index (Phi) is 5.91. The van der Waals surface area contributed by atoms with Crippen molar-refractivity contribution < 1.29 is 23.8 Å². The van der Waals surface area contributed by atoms with Crippen LogP contribution in [-0.4, -0.2) is 50.1 Å². The van der Waals surface area contributed by atoms with Crippen LogP contribution in [0.3, 0.4) is 0 Å². The van der Waals surface area contributed by atoms with Gasteiger partial charge in [0.15, 0.2) is 17.6 Å². The van der Waals surface area contributed by atoms with E-state index in [0.29, 0.717) is 35.9 Å². The summed E-state index contributed by atoms with van der Waals surface area (Å²) >= 11 is 1.61. The minimum Gasteiger partial charge on any atom is -0.493 e. The lowest BCUT2D eigenvalue weighted by molar-refractivity contribution is -0.134. The Morgan fingerprint density at radius 1 is 1.12 bits per heavy atom. The number of carbonyl (C=O) groups excluding carboxylic acids is 2. The van der Waals surface area contributed by atoms with E-state index < -0.39 is 6.10 Å². The van der Waals surface area contributed by atoms with Crippen molar-refractivity contribution >= 4 is 28.8 Å². The van der Waals surface area contributed by atoms with Gasteiger partial charge in [-0.3, -0.25) is 14.5 Å². The van der Waals surface area contributed by atoms with Gasteiger partial charge in [0.25, 0.3) is 5.91 Å². The molecule has 0 N–H and O–H groups in total. The molecule has 3 aromatic rings. The monoisotopic (exact) mass is 478 g/mol. The van der Waals surface area contributed by atoms with Crippen LogP contribution in [0.1, 0.15) is 29.0 Å². The fourth-order valence-corrected chi connectivity index (χ4v) is 5.57. The molecular formula is C26H26N2O5S. The number of methoxy groups -OCH3 is 2. The lowest BCUT2D eigenvalue weighted by Gasteiger charge is -2.39. The molecule has 7 nitrogen and oxygen atoms in total. The van der Waals surface area contributed by atoms with Crippen molar-refractivity contribution in [3.8, 4) is 17.2 Å². The third-order valence-corrected chi connectivity index (χ3v) is 7.30. The van der Waals surface area contributed by atoms with Gasteiger partial charge in [0.1, 0.15) is 12.3 Å². The molecule has 3 heterocycles. The molecule has 34 heavy (non-hydrogen) atoms.